The minimum absolute atomic E-state index is 0.176. The number of aromatic nitrogens is 1. The van der Waals surface area contributed by atoms with E-state index in [2.05, 4.69) is 23.3 Å². The standard InChI is InChI=1S/C16H17N3O/c1-3-12(2)20-15-8-4-7-14(10-15)19-16-13(11-17)6-5-9-18-16/h4-10,12H,3H2,1-2H3,(H,18,19). The van der Waals surface area contributed by atoms with E-state index < -0.39 is 0 Å². The van der Waals surface area contributed by atoms with Gasteiger partial charge in [0.25, 0.3) is 0 Å². The molecular formula is C16H17N3O. The molecule has 0 bridgehead atoms. The predicted octanol–water partition coefficient (Wildman–Crippen LogP) is 3.87. The Kier molecular flexibility index (Phi) is 4.56. The second kappa shape index (κ2) is 6.58. The van der Waals surface area contributed by atoms with E-state index in [1.54, 1.807) is 18.3 Å². The summed E-state index contributed by atoms with van der Waals surface area (Å²) in [6, 6.07) is 13.2. The molecule has 0 saturated carbocycles. The van der Waals surface area contributed by atoms with Crippen molar-refractivity contribution in [2.45, 2.75) is 26.4 Å². The summed E-state index contributed by atoms with van der Waals surface area (Å²) in [7, 11) is 0. The van der Waals surface area contributed by atoms with E-state index in [1.807, 2.05) is 31.2 Å². The maximum atomic E-state index is 9.05. The van der Waals surface area contributed by atoms with Crippen LogP contribution in [-0.2, 0) is 0 Å². The normalized spacial score (nSPS) is 11.4. The van der Waals surface area contributed by atoms with Crippen LogP contribution in [0.2, 0.25) is 0 Å². The number of nitriles is 1. The molecule has 4 nitrogen and oxygen atoms in total. The van der Waals surface area contributed by atoms with Crippen molar-refractivity contribution in [1.82, 2.24) is 4.98 Å². The molecule has 0 radical (unpaired) electrons. The van der Waals surface area contributed by atoms with Crippen molar-refractivity contribution in [3.05, 3.63) is 48.2 Å². The molecule has 1 heterocycles. The van der Waals surface area contributed by atoms with E-state index in [1.165, 1.54) is 0 Å². The molecule has 0 saturated heterocycles. The molecular weight excluding hydrogens is 250 g/mol. The highest BCUT2D eigenvalue weighted by Crippen LogP contribution is 2.23. The van der Waals surface area contributed by atoms with E-state index in [0.717, 1.165) is 17.9 Å². The highest BCUT2D eigenvalue weighted by molar-refractivity contribution is 5.63. The van der Waals surface area contributed by atoms with Crippen LogP contribution < -0.4 is 10.1 Å². The fourth-order valence-corrected chi connectivity index (χ4v) is 1.69. The molecule has 0 aliphatic heterocycles. The molecule has 2 rings (SSSR count). The lowest BCUT2D eigenvalue weighted by Gasteiger charge is -2.14. The van der Waals surface area contributed by atoms with Gasteiger partial charge in [0.1, 0.15) is 17.6 Å². The number of pyridine rings is 1. The smallest absolute Gasteiger partial charge is 0.148 e. The van der Waals surface area contributed by atoms with Crippen LogP contribution >= 0.6 is 0 Å². The summed E-state index contributed by atoms with van der Waals surface area (Å²) in [6.45, 7) is 4.12. The first-order chi connectivity index (χ1) is 9.72. The first-order valence-electron chi connectivity index (χ1n) is 6.61. The Labute approximate surface area is 119 Å². The van der Waals surface area contributed by atoms with Crippen LogP contribution in [0.25, 0.3) is 0 Å². The van der Waals surface area contributed by atoms with Gasteiger partial charge >= 0.3 is 0 Å². The summed E-state index contributed by atoms with van der Waals surface area (Å²) < 4.78 is 5.77. The zero-order chi connectivity index (χ0) is 14.4. The van der Waals surface area contributed by atoms with Crippen molar-refractivity contribution in [2.24, 2.45) is 0 Å². The Hall–Kier alpha value is -2.54. The van der Waals surface area contributed by atoms with Crippen molar-refractivity contribution >= 4 is 11.5 Å². The highest BCUT2D eigenvalue weighted by atomic mass is 16.5. The van der Waals surface area contributed by atoms with Crippen molar-refractivity contribution in [3.8, 4) is 11.8 Å². The molecule has 1 aromatic carbocycles. The lowest BCUT2D eigenvalue weighted by atomic mass is 10.2. The summed E-state index contributed by atoms with van der Waals surface area (Å²) in [5, 5.41) is 12.2. The summed E-state index contributed by atoms with van der Waals surface area (Å²) >= 11 is 0. The van der Waals surface area contributed by atoms with Gasteiger partial charge in [-0.2, -0.15) is 5.26 Å². The van der Waals surface area contributed by atoms with Crippen LogP contribution in [0.5, 0.6) is 5.75 Å². The van der Waals surface area contributed by atoms with Gasteiger partial charge in [-0.15, -0.1) is 0 Å². The minimum Gasteiger partial charge on any atom is -0.491 e. The zero-order valence-electron chi connectivity index (χ0n) is 11.6. The first-order valence-corrected chi connectivity index (χ1v) is 6.61. The highest BCUT2D eigenvalue weighted by Gasteiger charge is 2.05. The number of hydrogen-bond acceptors (Lipinski definition) is 4. The van der Waals surface area contributed by atoms with Crippen molar-refractivity contribution in [3.63, 3.8) is 0 Å². The number of anilines is 2. The van der Waals surface area contributed by atoms with Gasteiger partial charge in [-0.3, -0.25) is 0 Å². The maximum absolute atomic E-state index is 9.05. The number of hydrogen-bond donors (Lipinski definition) is 1. The molecule has 102 valence electrons. The SMILES string of the molecule is CCC(C)Oc1cccc(Nc2ncccc2C#N)c1. The molecule has 20 heavy (non-hydrogen) atoms. The van der Waals surface area contributed by atoms with E-state index in [0.29, 0.717) is 11.4 Å². The molecule has 0 spiro atoms. The summed E-state index contributed by atoms with van der Waals surface area (Å²) in [5.74, 6) is 1.36. The number of ether oxygens (including phenoxy) is 1. The molecule has 1 N–H and O–H groups in total. The van der Waals surface area contributed by atoms with Gasteiger partial charge in [0.05, 0.1) is 11.7 Å². The molecule has 1 atom stereocenters. The van der Waals surface area contributed by atoms with Gasteiger partial charge < -0.3 is 10.1 Å². The number of benzene rings is 1. The van der Waals surface area contributed by atoms with E-state index in [4.69, 9.17) is 10.00 Å². The first kappa shape index (κ1) is 13.9. The minimum atomic E-state index is 0.176. The van der Waals surface area contributed by atoms with Gasteiger partial charge in [-0.25, -0.2) is 4.98 Å². The maximum Gasteiger partial charge on any atom is 0.148 e. The topological polar surface area (TPSA) is 57.9 Å². The van der Waals surface area contributed by atoms with Crippen LogP contribution in [0.3, 0.4) is 0 Å². The van der Waals surface area contributed by atoms with Crippen molar-refractivity contribution in [2.75, 3.05) is 5.32 Å². The third-order valence-electron chi connectivity index (χ3n) is 2.94. The summed E-state index contributed by atoms with van der Waals surface area (Å²) in [4.78, 5) is 4.18. The van der Waals surface area contributed by atoms with Crippen LogP contribution in [0, 0.1) is 11.3 Å². The zero-order valence-corrected chi connectivity index (χ0v) is 11.6. The summed E-state index contributed by atoms with van der Waals surface area (Å²) in [6.07, 6.45) is 2.79. The Morgan fingerprint density at radius 3 is 2.95 bits per heavy atom. The second-order valence-corrected chi connectivity index (χ2v) is 4.50. The van der Waals surface area contributed by atoms with Crippen LogP contribution in [0.15, 0.2) is 42.6 Å². The monoisotopic (exact) mass is 267 g/mol. The third kappa shape index (κ3) is 3.48. The fourth-order valence-electron chi connectivity index (χ4n) is 1.69. The Morgan fingerprint density at radius 1 is 1.35 bits per heavy atom. The van der Waals surface area contributed by atoms with Crippen LogP contribution in [0.1, 0.15) is 25.8 Å². The lowest BCUT2D eigenvalue weighted by Crippen LogP contribution is -2.09. The second-order valence-electron chi connectivity index (χ2n) is 4.50. The number of nitrogens with one attached hydrogen (secondary N) is 1. The molecule has 1 unspecified atom stereocenters. The molecule has 0 aliphatic rings. The molecule has 0 aliphatic carbocycles. The van der Waals surface area contributed by atoms with Gasteiger partial charge in [-0.1, -0.05) is 13.0 Å². The number of nitrogens with zero attached hydrogens (tertiary/aromatic N) is 2. The largest absolute Gasteiger partial charge is 0.491 e. The van der Waals surface area contributed by atoms with E-state index >= 15 is 0 Å². The Bertz CT molecular complexity index is 619. The van der Waals surface area contributed by atoms with Crippen LogP contribution in [-0.4, -0.2) is 11.1 Å². The van der Waals surface area contributed by atoms with Gasteiger partial charge in [-0.05, 0) is 37.6 Å². The van der Waals surface area contributed by atoms with Gasteiger partial charge in [0.15, 0.2) is 0 Å². The molecule has 1 aromatic heterocycles. The van der Waals surface area contributed by atoms with Gasteiger partial charge in [0.2, 0.25) is 0 Å². The molecule has 4 heteroatoms. The predicted molar refractivity (Wildman–Crippen MR) is 79.1 cm³/mol. The van der Waals surface area contributed by atoms with Crippen LogP contribution in [0.4, 0.5) is 11.5 Å². The molecule has 2 aromatic rings. The Morgan fingerprint density at radius 2 is 2.20 bits per heavy atom. The lowest BCUT2D eigenvalue weighted by molar-refractivity contribution is 0.217. The Balaban J connectivity index is 2.18. The van der Waals surface area contributed by atoms with E-state index in [-0.39, 0.29) is 6.10 Å². The quantitative estimate of drug-likeness (QED) is 0.893. The average Bonchev–Trinajstić information content (AvgIpc) is 2.48. The average molecular weight is 267 g/mol. The number of rotatable bonds is 5. The van der Waals surface area contributed by atoms with E-state index in [9.17, 15) is 0 Å². The summed E-state index contributed by atoms with van der Waals surface area (Å²) in [5.41, 5.74) is 1.36. The van der Waals surface area contributed by atoms with Gasteiger partial charge in [0, 0.05) is 18.0 Å². The van der Waals surface area contributed by atoms with Crippen molar-refractivity contribution in [1.29, 1.82) is 5.26 Å². The van der Waals surface area contributed by atoms with Crippen molar-refractivity contribution < 1.29 is 4.74 Å². The molecule has 0 amide bonds. The third-order valence-corrected chi connectivity index (χ3v) is 2.94. The molecule has 0 fully saturated rings. The fraction of sp³-hybridized carbons (Fsp3) is 0.250.